The number of aliphatic hydroxyl groups is 1. The number of aromatic nitrogens is 3. The van der Waals surface area contributed by atoms with E-state index in [0.29, 0.717) is 13.0 Å². The van der Waals surface area contributed by atoms with Crippen LogP contribution in [0, 0.1) is 0 Å². The van der Waals surface area contributed by atoms with Crippen LogP contribution in [-0.4, -0.2) is 62.6 Å². The van der Waals surface area contributed by atoms with E-state index >= 15 is 0 Å². The molecular formula is C21H26F3N5O4. The van der Waals surface area contributed by atoms with Gasteiger partial charge in [-0.3, -0.25) is 9.78 Å². The summed E-state index contributed by atoms with van der Waals surface area (Å²) in [6, 6.07) is 0.933. The van der Waals surface area contributed by atoms with Crippen molar-refractivity contribution in [3.8, 4) is 0 Å². The molecule has 180 valence electrons. The number of amides is 1. The fraction of sp³-hybridized carbons (Fsp3) is 0.571. The van der Waals surface area contributed by atoms with Gasteiger partial charge in [0.2, 0.25) is 5.91 Å². The molecule has 0 unspecified atom stereocenters. The van der Waals surface area contributed by atoms with Crippen LogP contribution < -0.4 is 10.6 Å². The summed E-state index contributed by atoms with van der Waals surface area (Å²) in [7, 11) is 1.84. The Morgan fingerprint density at radius 1 is 1.30 bits per heavy atom. The van der Waals surface area contributed by atoms with Crippen LogP contribution in [0.25, 0.3) is 0 Å². The molecule has 3 N–H and O–H groups in total. The minimum atomic E-state index is -4.47. The van der Waals surface area contributed by atoms with Crippen molar-refractivity contribution >= 4 is 5.91 Å². The quantitative estimate of drug-likeness (QED) is 0.527. The minimum Gasteiger partial charge on any atom is -0.388 e. The Kier molecular flexibility index (Phi) is 6.98. The molecule has 1 amide bonds. The number of fused-ring (bicyclic) bond motifs is 1. The Bertz CT molecular complexity index is 969. The third-order valence-electron chi connectivity index (χ3n) is 5.93. The van der Waals surface area contributed by atoms with Crippen LogP contribution in [-0.2, 0) is 40.6 Å². The van der Waals surface area contributed by atoms with E-state index in [1.165, 1.54) is 6.20 Å². The maximum Gasteiger partial charge on any atom is 0.416 e. The van der Waals surface area contributed by atoms with E-state index in [-0.39, 0.29) is 43.2 Å². The van der Waals surface area contributed by atoms with Crippen LogP contribution in [0.4, 0.5) is 13.2 Å². The van der Waals surface area contributed by atoms with Crippen molar-refractivity contribution in [3.63, 3.8) is 0 Å². The lowest BCUT2D eigenvalue weighted by Gasteiger charge is -2.20. The normalized spacial score (nSPS) is 27.0. The van der Waals surface area contributed by atoms with Gasteiger partial charge in [-0.05, 0) is 11.6 Å². The molecule has 4 rings (SSSR count). The molecule has 2 aliphatic rings. The summed E-state index contributed by atoms with van der Waals surface area (Å²) in [6.07, 6.45) is -1.06. The Morgan fingerprint density at radius 2 is 2.12 bits per heavy atom. The summed E-state index contributed by atoms with van der Waals surface area (Å²) >= 11 is 0. The maximum atomic E-state index is 13.1. The highest BCUT2D eigenvalue weighted by molar-refractivity contribution is 5.76. The molecule has 33 heavy (non-hydrogen) atoms. The van der Waals surface area contributed by atoms with E-state index in [2.05, 4.69) is 20.6 Å². The number of rotatable bonds is 8. The van der Waals surface area contributed by atoms with Crippen molar-refractivity contribution in [2.75, 3.05) is 6.54 Å². The van der Waals surface area contributed by atoms with Gasteiger partial charge in [0, 0.05) is 51.3 Å². The zero-order valence-electron chi connectivity index (χ0n) is 18.0. The van der Waals surface area contributed by atoms with Crippen molar-refractivity contribution in [1.82, 2.24) is 25.2 Å². The van der Waals surface area contributed by atoms with Gasteiger partial charge in [-0.1, -0.05) is 0 Å². The van der Waals surface area contributed by atoms with Crippen LogP contribution in [0.1, 0.15) is 29.8 Å². The Labute approximate surface area is 188 Å². The lowest BCUT2D eigenvalue weighted by molar-refractivity contribution is -0.138. The number of aryl methyl sites for hydroxylation is 1. The number of hydrogen-bond acceptors (Lipinski definition) is 7. The molecule has 2 aromatic rings. The van der Waals surface area contributed by atoms with Crippen molar-refractivity contribution in [3.05, 3.63) is 47.8 Å². The molecule has 0 bridgehead atoms. The highest BCUT2D eigenvalue weighted by atomic mass is 19.4. The molecule has 0 radical (unpaired) electrons. The first-order valence-electron chi connectivity index (χ1n) is 10.6. The Morgan fingerprint density at radius 3 is 2.82 bits per heavy atom. The summed E-state index contributed by atoms with van der Waals surface area (Å²) in [5.74, 6) is 0.544. The number of pyridine rings is 1. The molecule has 2 aromatic heterocycles. The Hall–Kier alpha value is -2.54. The zero-order chi connectivity index (χ0) is 23.6. The molecule has 2 aliphatic heterocycles. The fourth-order valence-electron chi connectivity index (χ4n) is 4.23. The number of halogens is 3. The molecule has 12 heteroatoms. The summed E-state index contributed by atoms with van der Waals surface area (Å²) in [5, 5.41) is 16.3. The Balaban J connectivity index is 1.21. The van der Waals surface area contributed by atoms with Crippen molar-refractivity contribution in [2.45, 2.75) is 62.6 Å². The molecule has 9 nitrogen and oxygen atoms in total. The molecular weight excluding hydrogens is 443 g/mol. The van der Waals surface area contributed by atoms with Crippen molar-refractivity contribution in [2.24, 2.45) is 7.05 Å². The van der Waals surface area contributed by atoms with E-state index in [0.717, 1.165) is 18.1 Å². The van der Waals surface area contributed by atoms with Gasteiger partial charge < -0.3 is 29.8 Å². The van der Waals surface area contributed by atoms with Crippen LogP contribution in [0.5, 0.6) is 0 Å². The first-order valence-corrected chi connectivity index (χ1v) is 10.6. The number of alkyl halides is 3. The SMILES string of the molecule is Cn1ccnc1CNC(=O)C[C@@H]1C[C@H]2O[C@H](CNCc3cnccc3C(F)(F)F)[C@@H](O)[C@H]2O1. The van der Waals surface area contributed by atoms with Crippen LogP contribution >= 0.6 is 0 Å². The highest BCUT2D eigenvalue weighted by Crippen LogP contribution is 2.35. The van der Waals surface area contributed by atoms with Crippen molar-refractivity contribution < 1.29 is 32.5 Å². The molecule has 0 saturated carbocycles. The van der Waals surface area contributed by atoms with Crippen molar-refractivity contribution in [1.29, 1.82) is 0 Å². The zero-order valence-corrected chi connectivity index (χ0v) is 18.0. The lowest BCUT2D eigenvalue weighted by atomic mass is 10.1. The van der Waals surface area contributed by atoms with Gasteiger partial charge >= 0.3 is 6.18 Å². The first kappa shape index (κ1) is 23.6. The number of hydrogen-bond donors (Lipinski definition) is 3. The number of aliphatic hydroxyl groups excluding tert-OH is 1. The summed E-state index contributed by atoms with van der Waals surface area (Å²) in [6.45, 7) is 0.393. The number of carbonyl (C=O) groups is 1. The minimum absolute atomic E-state index is 0.0190. The second kappa shape index (κ2) is 9.75. The molecule has 0 spiro atoms. The third-order valence-corrected chi connectivity index (χ3v) is 5.93. The topological polar surface area (TPSA) is 111 Å². The van der Waals surface area contributed by atoms with Gasteiger partial charge in [-0.25, -0.2) is 4.98 Å². The number of carbonyl (C=O) groups excluding carboxylic acids is 1. The van der Waals surface area contributed by atoms with Gasteiger partial charge in [0.25, 0.3) is 0 Å². The molecule has 0 aromatic carbocycles. The predicted octanol–water partition coefficient (Wildman–Crippen LogP) is 0.916. The van der Waals surface area contributed by atoms with E-state index < -0.39 is 30.1 Å². The van der Waals surface area contributed by atoms with Crippen LogP contribution in [0.3, 0.4) is 0 Å². The first-order chi connectivity index (χ1) is 15.7. The monoisotopic (exact) mass is 469 g/mol. The number of imidazole rings is 1. The van der Waals surface area contributed by atoms with Gasteiger partial charge in [-0.15, -0.1) is 0 Å². The molecule has 5 atom stereocenters. The smallest absolute Gasteiger partial charge is 0.388 e. The summed E-state index contributed by atoms with van der Waals surface area (Å²) < 4.78 is 52.8. The molecule has 0 aliphatic carbocycles. The fourth-order valence-corrected chi connectivity index (χ4v) is 4.23. The van der Waals surface area contributed by atoms with Gasteiger partial charge in [0.15, 0.2) is 0 Å². The largest absolute Gasteiger partial charge is 0.416 e. The van der Waals surface area contributed by atoms with E-state index in [4.69, 9.17) is 9.47 Å². The number of ether oxygens (including phenoxy) is 2. The summed E-state index contributed by atoms with van der Waals surface area (Å²) in [4.78, 5) is 20.1. The van der Waals surface area contributed by atoms with Gasteiger partial charge in [-0.2, -0.15) is 13.2 Å². The molecule has 4 heterocycles. The van der Waals surface area contributed by atoms with Gasteiger partial charge in [0.05, 0.1) is 36.8 Å². The average Bonchev–Trinajstić information content (AvgIpc) is 3.43. The lowest BCUT2D eigenvalue weighted by Crippen LogP contribution is -2.39. The molecule has 2 saturated heterocycles. The highest BCUT2D eigenvalue weighted by Gasteiger charge is 2.50. The number of nitrogens with one attached hydrogen (secondary N) is 2. The molecule has 2 fully saturated rings. The second-order valence-electron chi connectivity index (χ2n) is 8.26. The van der Waals surface area contributed by atoms with Crippen LogP contribution in [0.15, 0.2) is 30.9 Å². The predicted molar refractivity (Wildman–Crippen MR) is 109 cm³/mol. The number of nitrogens with zero attached hydrogens (tertiary/aromatic N) is 3. The average molecular weight is 469 g/mol. The van der Waals surface area contributed by atoms with E-state index in [9.17, 15) is 23.1 Å². The van der Waals surface area contributed by atoms with Gasteiger partial charge in [0.1, 0.15) is 18.0 Å². The van der Waals surface area contributed by atoms with E-state index in [1.54, 1.807) is 12.4 Å². The summed E-state index contributed by atoms with van der Waals surface area (Å²) in [5.41, 5.74) is -0.729. The second-order valence-corrected chi connectivity index (χ2v) is 8.26. The maximum absolute atomic E-state index is 13.1. The van der Waals surface area contributed by atoms with Crippen LogP contribution in [0.2, 0.25) is 0 Å². The van der Waals surface area contributed by atoms with E-state index in [1.807, 2.05) is 11.6 Å². The third kappa shape index (κ3) is 5.52. The standard InChI is InChI=1S/C21H26F3N5O4/c1-29-5-4-27-17(29)11-28-18(30)7-13-6-15-20(32-13)19(31)16(33-15)10-26-9-12-8-25-3-2-14(12)21(22,23)24/h2-5,8,13,15-16,19-20,26,31H,6-7,9-11H2,1H3,(H,28,30)/t13-,15+,16+,19+,20-/m0/s1.